The molecule has 0 radical (unpaired) electrons. The van der Waals surface area contributed by atoms with Crippen molar-refractivity contribution in [2.75, 3.05) is 0 Å². The van der Waals surface area contributed by atoms with Gasteiger partial charge in [0.1, 0.15) is 15.5 Å². The summed E-state index contributed by atoms with van der Waals surface area (Å²) in [4.78, 5) is 28.7. The zero-order valence-electron chi connectivity index (χ0n) is 10.1. The third-order valence-corrected chi connectivity index (χ3v) is 4.67. The van der Waals surface area contributed by atoms with Crippen molar-refractivity contribution in [2.45, 2.75) is 32.7 Å². The summed E-state index contributed by atoms with van der Waals surface area (Å²) >= 11 is 1.09. The van der Waals surface area contributed by atoms with Crippen molar-refractivity contribution in [3.8, 4) is 0 Å². The van der Waals surface area contributed by atoms with Crippen molar-refractivity contribution < 1.29 is 9.90 Å². The van der Waals surface area contributed by atoms with E-state index in [0.717, 1.165) is 23.6 Å². The van der Waals surface area contributed by atoms with Gasteiger partial charge in [0.2, 0.25) is 0 Å². The summed E-state index contributed by atoms with van der Waals surface area (Å²) in [6.45, 7) is 4.39. The Hall–Kier alpha value is -1.69. The molecule has 0 amide bonds. The molecule has 0 spiro atoms. The maximum absolute atomic E-state index is 12.4. The number of hydrogen-bond donors (Lipinski definition) is 1. The van der Waals surface area contributed by atoms with E-state index in [1.807, 2.05) is 6.92 Å². The number of aryl methyl sites for hydroxylation is 1. The first-order valence-electron chi connectivity index (χ1n) is 5.78. The lowest BCUT2D eigenvalue weighted by molar-refractivity contribution is 0.0701. The molecule has 18 heavy (non-hydrogen) atoms. The van der Waals surface area contributed by atoms with Crippen molar-refractivity contribution in [2.24, 2.45) is 0 Å². The number of aromatic nitrogens is 2. The van der Waals surface area contributed by atoms with Gasteiger partial charge in [-0.25, -0.2) is 9.78 Å². The zero-order chi connectivity index (χ0) is 13.0. The molecule has 2 aromatic rings. The standard InChI is InChI=1S/C12H12N2O3S/c1-5-3-4-14-9(5)13-10-7(11(14)15)6(2)8(18-10)12(16)17/h5H,3-4H2,1-2H3,(H,16,17). The fraction of sp³-hybridized carbons (Fsp3) is 0.417. The number of nitrogens with zero attached hydrogens (tertiary/aromatic N) is 2. The molecule has 0 saturated heterocycles. The maximum Gasteiger partial charge on any atom is 0.346 e. The molecule has 1 aliphatic heterocycles. The van der Waals surface area contributed by atoms with Crippen LogP contribution in [0, 0.1) is 6.92 Å². The summed E-state index contributed by atoms with van der Waals surface area (Å²) in [5.41, 5.74) is 0.440. The Balaban J connectivity index is 2.43. The molecule has 1 N–H and O–H groups in total. The molecular weight excluding hydrogens is 252 g/mol. The molecule has 0 fully saturated rings. The fourth-order valence-corrected chi connectivity index (χ4v) is 3.50. The fourth-order valence-electron chi connectivity index (χ4n) is 2.48. The van der Waals surface area contributed by atoms with Crippen molar-refractivity contribution >= 4 is 27.5 Å². The van der Waals surface area contributed by atoms with Crippen LogP contribution in [0.5, 0.6) is 0 Å². The highest BCUT2D eigenvalue weighted by molar-refractivity contribution is 7.20. The maximum atomic E-state index is 12.4. The lowest BCUT2D eigenvalue weighted by Gasteiger charge is -2.04. The minimum Gasteiger partial charge on any atom is -0.477 e. The molecule has 6 heteroatoms. The lowest BCUT2D eigenvalue weighted by Crippen LogP contribution is -2.21. The molecule has 1 unspecified atom stereocenters. The summed E-state index contributed by atoms with van der Waals surface area (Å²) in [5, 5.41) is 9.56. The minimum atomic E-state index is -0.992. The molecule has 5 nitrogen and oxygen atoms in total. The first-order valence-corrected chi connectivity index (χ1v) is 6.59. The van der Waals surface area contributed by atoms with Gasteiger partial charge in [0.25, 0.3) is 5.56 Å². The van der Waals surface area contributed by atoms with Crippen molar-refractivity contribution in [3.05, 3.63) is 26.6 Å². The number of carboxylic acids is 1. The van der Waals surface area contributed by atoms with Crippen molar-refractivity contribution in [1.82, 2.24) is 9.55 Å². The molecule has 0 aromatic carbocycles. The van der Waals surface area contributed by atoms with Crippen molar-refractivity contribution in [1.29, 1.82) is 0 Å². The lowest BCUT2D eigenvalue weighted by atomic mass is 10.1. The van der Waals surface area contributed by atoms with Crippen LogP contribution in [0.25, 0.3) is 10.2 Å². The largest absolute Gasteiger partial charge is 0.477 e. The van der Waals surface area contributed by atoms with Gasteiger partial charge in [-0.15, -0.1) is 11.3 Å². The molecule has 2 aromatic heterocycles. The summed E-state index contributed by atoms with van der Waals surface area (Å²) in [6.07, 6.45) is 0.921. The third kappa shape index (κ3) is 1.35. The van der Waals surface area contributed by atoms with Gasteiger partial charge < -0.3 is 5.11 Å². The summed E-state index contributed by atoms with van der Waals surface area (Å²) in [5.74, 6) is 0.0524. The normalized spacial score (nSPS) is 18.2. The van der Waals surface area contributed by atoms with Crippen LogP contribution >= 0.6 is 11.3 Å². The predicted octanol–water partition coefficient (Wildman–Crippen LogP) is 1.97. The van der Waals surface area contributed by atoms with Gasteiger partial charge in [0.05, 0.1) is 5.39 Å². The minimum absolute atomic E-state index is 0.0967. The third-order valence-electron chi connectivity index (χ3n) is 3.50. The Morgan fingerprint density at radius 2 is 2.28 bits per heavy atom. The number of carboxylic acid groups (broad SMARTS) is 1. The van der Waals surface area contributed by atoms with E-state index < -0.39 is 5.97 Å². The Morgan fingerprint density at radius 3 is 2.94 bits per heavy atom. The quantitative estimate of drug-likeness (QED) is 0.854. The van der Waals surface area contributed by atoms with E-state index in [1.165, 1.54) is 0 Å². The summed E-state index contributed by atoms with van der Waals surface area (Å²) in [7, 11) is 0. The predicted molar refractivity (Wildman–Crippen MR) is 68.6 cm³/mol. The van der Waals surface area contributed by atoms with Gasteiger partial charge in [-0.1, -0.05) is 6.92 Å². The summed E-state index contributed by atoms with van der Waals surface area (Å²) < 4.78 is 1.68. The number of aromatic carboxylic acids is 1. The molecule has 0 bridgehead atoms. The van der Waals surface area contributed by atoms with Crippen LogP contribution in [0.3, 0.4) is 0 Å². The second kappa shape index (κ2) is 3.65. The molecule has 94 valence electrons. The van der Waals surface area contributed by atoms with E-state index in [4.69, 9.17) is 5.11 Å². The van der Waals surface area contributed by atoms with Gasteiger partial charge in [0, 0.05) is 12.5 Å². The highest BCUT2D eigenvalue weighted by atomic mass is 32.1. The molecule has 0 saturated carbocycles. The molecular formula is C12H12N2O3S. The van der Waals surface area contributed by atoms with E-state index in [2.05, 4.69) is 4.98 Å². The van der Waals surface area contributed by atoms with Crippen LogP contribution in [0.1, 0.15) is 40.3 Å². The van der Waals surface area contributed by atoms with E-state index in [9.17, 15) is 9.59 Å². The first-order chi connectivity index (χ1) is 8.50. The topological polar surface area (TPSA) is 72.2 Å². The highest BCUT2D eigenvalue weighted by Crippen LogP contribution is 2.31. The smallest absolute Gasteiger partial charge is 0.346 e. The van der Waals surface area contributed by atoms with Crippen LogP contribution in [0.4, 0.5) is 0 Å². The van der Waals surface area contributed by atoms with E-state index in [0.29, 0.717) is 22.3 Å². The van der Waals surface area contributed by atoms with E-state index >= 15 is 0 Å². The zero-order valence-corrected chi connectivity index (χ0v) is 10.9. The van der Waals surface area contributed by atoms with Gasteiger partial charge >= 0.3 is 5.97 Å². The molecule has 3 rings (SSSR count). The molecule has 1 atom stereocenters. The van der Waals surface area contributed by atoms with Crippen LogP contribution in [0.2, 0.25) is 0 Å². The average molecular weight is 264 g/mol. The average Bonchev–Trinajstić information content (AvgIpc) is 2.83. The number of thiophene rings is 1. The number of hydrogen-bond acceptors (Lipinski definition) is 4. The van der Waals surface area contributed by atoms with Gasteiger partial charge in [-0.2, -0.15) is 0 Å². The Morgan fingerprint density at radius 1 is 1.56 bits per heavy atom. The van der Waals surface area contributed by atoms with Crippen molar-refractivity contribution in [3.63, 3.8) is 0 Å². The Bertz CT molecular complexity index is 729. The van der Waals surface area contributed by atoms with Gasteiger partial charge in [-0.05, 0) is 18.9 Å². The number of carbonyl (C=O) groups is 1. The molecule has 0 aliphatic carbocycles. The van der Waals surface area contributed by atoms with Gasteiger partial charge in [0.15, 0.2) is 0 Å². The monoisotopic (exact) mass is 264 g/mol. The Kier molecular flexibility index (Phi) is 2.31. The highest BCUT2D eigenvalue weighted by Gasteiger charge is 2.26. The first kappa shape index (κ1) is 11.4. The van der Waals surface area contributed by atoms with Crippen LogP contribution < -0.4 is 5.56 Å². The van der Waals surface area contributed by atoms with Crippen LogP contribution in [-0.2, 0) is 6.54 Å². The number of rotatable bonds is 1. The molecule has 3 heterocycles. The Labute approximate surface area is 107 Å². The SMILES string of the molecule is Cc1c(C(=O)O)sc2nc3n(c(=O)c12)CCC3C. The summed E-state index contributed by atoms with van der Waals surface area (Å²) in [6, 6.07) is 0. The van der Waals surface area contributed by atoms with E-state index in [-0.39, 0.29) is 16.4 Å². The van der Waals surface area contributed by atoms with E-state index in [1.54, 1.807) is 11.5 Å². The van der Waals surface area contributed by atoms with Crippen LogP contribution in [0.15, 0.2) is 4.79 Å². The second-order valence-corrected chi connectivity index (χ2v) is 5.66. The number of fused-ring (bicyclic) bond motifs is 2. The molecule has 1 aliphatic rings. The van der Waals surface area contributed by atoms with Crippen LogP contribution in [-0.4, -0.2) is 20.6 Å². The second-order valence-electron chi connectivity index (χ2n) is 4.66. The van der Waals surface area contributed by atoms with Gasteiger partial charge in [-0.3, -0.25) is 9.36 Å².